The second-order valence-electron chi connectivity index (χ2n) is 7.05. The number of nitrogens with zero attached hydrogens (tertiary/aromatic N) is 2. The van der Waals surface area contributed by atoms with E-state index in [1.54, 1.807) is 23.1 Å². The van der Waals surface area contributed by atoms with E-state index >= 15 is 0 Å². The van der Waals surface area contributed by atoms with E-state index in [9.17, 15) is 9.59 Å². The van der Waals surface area contributed by atoms with Crippen LogP contribution in [-0.4, -0.2) is 61.4 Å². The molecule has 6 heteroatoms. The highest BCUT2D eigenvalue weighted by molar-refractivity contribution is 5.99. The summed E-state index contributed by atoms with van der Waals surface area (Å²) in [6.07, 6.45) is 6.50. The number of anilines is 1. The number of nitrogens with one attached hydrogen (secondary N) is 1. The first-order chi connectivity index (χ1) is 12.0. The number of carbonyl (C=O) groups excluding carboxylic acids is 2. The molecule has 1 fully saturated rings. The Bertz CT molecular complexity index is 641. The molecule has 0 saturated heterocycles. The van der Waals surface area contributed by atoms with Crippen molar-refractivity contribution in [3.63, 3.8) is 0 Å². The van der Waals surface area contributed by atoms with E-state index in [1.165, 1.54) is 32.1 Å². The number of benzene rings is 1. The number of fused-ring (bicyclic) bond motifs is 1. The zero-order chi connectivity index (χ0) is 17.8. The molecule has 3 rings (SSSR count). The van der Waals surface area contributed by atoms with Crippen LogP contribution >= 0.6 is 0 Å². The molecule has 0 bridgehead atoms. The fourth-order valence-electron chi connectivity index (χ4n) is 3.55. The van der Waals surface area contributed by atoms with Gasteiger partial charge in [-0.3, -0.25) is 9.59 Å². The van der Waals surface area contributed by atoms with Gasteiger partial charge < -0.3 is 19.9 Å². The molecule has 1 aliphatic heterocycles. The van der Waals surface area contributed by atoms with Gasteiger partial charge in [0.2, 0.25) is 0 Å². The first kappa shape index (κ1) is 17.7. The zero-order valence-corrected chi connectivity index (χ0v) is 15.1. The molecule has 0 atom stereocenters. The lowest BCUT2D eigenvalue weighted by Crippen LogP contribution is -2.40. The summed E-state index contributed by atoms with van der Waals surface area (Å²) in [5.74, 6) is 0.370. The number of likely N-dealkylation sites (N-methyl/N-ethyl adjacent to an activating group) is 2. The number of amides is 2. The average Bonchev–Trinajstić information content (AvgIpc) is 2.65. The fourth-order valence-corrected chi connectivity index (χ4v) is 3.55. The summed E-state index contributed by atoms with van der Waals surface area (Å²) < 4.78 is 5.33. The van der Waals surface area contributed by atoms with Crippen molar-refractivity contribution >= 4 is 17.5 Å². The van der Waals surface area contributed by atoms with Gasteiger partial charge >= 0.3 is 0 Å². The average molecular weight is 345 g/mol. The normalized spacial score (nSPS) is 17.6. The summed E-state index contributed by atoms with van der Waals surface area (Å²) in [6.45, 7) is 1.58. The zero-order valence-electron chi connectivity index (χ0n) is 15.1. The maximum absolute atomic E-state index is 12.7. The van der Waals surface area contributed by atoms with E-state index in [2.05, 4.69) is 17.3 Å². The van der Waals surface area contributed by atoms with Crippen molar-refractivity contribution < 1.29 is 14.3 Å². The summed E-state index contributed by atoms with van der Waals surface area (Å²) in [5.41, 5.74) is 1.13. The molecule has 1 aromatic rings. The Morgan fingerprint density at radius 2 is 1.96 bits per heavy atom. The summed E-state index contributed by atoms with van der Waals surface area (Å²) >= 11 is 0. The van der Waals surface area contributed by atoms with Crippen LogP contribution in [0.5, 0.6) is 5.75 Å². The van der Waals surface area contributed by atoms with E-state index in [1.807, 2.05) is 7.05 Å². The van der Waals surface area contributed by atoms with Gasteiger partial charge in [0.25, 0.3) is 11.8 Å². The topological polar surface area (TPSA) is 61.9 Å². The van der Waals surface area contributed by atoms with Gasteiger partial charge in [0.1, 0.15) is 5.75 Å². The largest absolute Gasteiger partial charge is 0.482 e. The number of rotatable bonds is 5. The molecule has 1 saturated carbocycles. The third-order valence-electron chi connectivity index (χ3n) is 5.19. The van der Waals surface area contributed by atoms with Gasteiger partial charge in [0.05, 0.1) is 5.69 Å². The number of hydrogen-bond acceptors (Lipinski definition) is 4. The Morgan fingerprint density at radius 3 is 2.72 bits per heavy atom. The predicted molar refractivity (Wildman–Crippen MR) is 97.0 cm³/mol. The van der Waals surface area contributed by atoms with Gasteiger partial charge in [-0.05, 0) is 38.1 Å². The van der Waals surface area contributed by atoms with E-state index in [4.69, 9.17) is 4.74 Å². The molecule has 1 heterocycles. The van der Waals surface area contributed by atoms with E-state index in [0.717, 1.165) is 6.54 Å². The molecular formula is C19H27N3O3. The van der Waals surface area contributed by atoms with Crippen LogP contribution in [0, 0.1) is 0 Å². The summed E-state index contributed by atoms with van der Waals surface area (Å²) in [4.78, 5) is 28.2. The quantitative estimate of drug-likeness (QED) is 0.890. The molecular weight excluding hydrogens is 318 g/mol. The molecule has 2 aliphatic rings. The molecule has 0 aromatic heterocycles. The molecule has 1 N–H and O–H groups in total. The summed E-state index contributed by atoms with van der Waals surface area (Å²) in [7, 11) is 3.98. The van der Waals surface area contributed by atoms with Crippen LogP contribution < -0.4 is 10.1 Å². The second kappa shape index (κ2) is 7.87. The maximum atomic E-state index is 12.7. The van der Waals surface area contributed by atoms with Crippen molar-refractivity contribution in [3.05, 3.63) is 23.8 Å². The molecule has 0 unspecified atom stereocenters. The molecule has 1 aromatic carbocycles. The Hall–Kier alpha value is -2.08. The minimum Gasteiger partial charge on any atom is -0.482 e. The monoisotopic (exact) mass is 345 g/mol. The minimum absolute atomic E-state index is 0.0215. The molecule has 6 nitrogen and oxygen atoms in total. The lowest BCUT2D eigenvalue weighted by atomic mass is 9.94. The van der Waals surface area contributed by atoms with Gasteiger partial charge in [-0.1, -0.05) is 19.3 Å². The van der Waals surface area contributed by atoms with E-state index < -0.39 is 0 Å². The molecule has 1 aliphatic carbocycles. The predicted octanol–water partition coefficient (Wildman–Crippen LogP) is 2.35. The van der Waals surface area contributed by atoms with Gasteiger partial charge in [-0.2, -0.15) is 0 Å². The van der Waals surface area contributed by atoms with E-state index in [0.29, 0.717) is 29.6 Å². The van der Waals surface area contributed by atoms with Crippen LogP contribution in [0.25, 0.3) is 0 Å². The number of carbonyl (C=O) groups is 2. The first-order valence-electron chi connectivity index (χ1n) is 9.07. The highest BCUT2D eigenvalue weighted by Gasteiger charge is 2.21. The van der Waals surface area contributed by atoms with Crippen LogP contribution in [0.2, 0.25) is 0 Å². The highest BCUT2D eigenvalue weighted by atomic mass is 16.5. The van der Waals surface area contributed by atoms with Crippen molar-refractivity contribution in [2.75, 3.05) is 39.1 Å². The van der Waals surface area contributed by atoms with Gasteiger partial charge in [-0.25, -0.2) is 0 Å². The first-order valence-corrected chi connectivity index (χ1v) is 9.07. The highest BCUT2D eigenvalue weighted by Crippen LogP contribution is 2.28. The van der Waals surface area contributed by atoms with Gasteiger partial charge in [0.15, 0.2) is 6.61 Å². The Labute approximate surface area is 149 Å². The molecule has 0 radical (unpaired) electrons. The van der Waals surface area contributed by atoms with Crippen LogP contribution in [0.4, 0.5) is 5.69 Å². The molecule has 25 heavy (non-hydrogen) atoms. The minimum atomic E-state index is -0.195. The Morgan fingerprint density at radius 1 is 1.20 bits per heavy atom. The SMILES string of the molecule is CN(CCN(C)C1CCCCC1)C(=O)c1ccc2c(c1)NC(=O)CO2. The third kappa shape index (κ3) is 4.31. The lowest BCUT2D eigenvalue weighted by molar-refractivity contribution is -0.118. The van der Waals surface area contributed by atoms with Crippen LogP contribution in [0.1, 0.15) is 42.5 Å². The standard InChI is InChI=1S/C19H27N3O3/c1-21(15-6-4-3-5-7-15)10-11-22(2)19(24)14-8-9-17-16(12-14)20-18(23)13-25-17/h8-9,12,15H,3-7,10-11,13H2,1-2H3,(H,20,23). The second-order valence-corrected chi connectivity index (χ2v) is 7.05. The number of hydrogen-bond donors (Lipinski definition) is 1. The fraction of sp³-hybridized carbons (Fsp3) is 0.579. The third-order valence-corrected chi connectivity index (χ3v) is 5.19. The van der Waals surface area contributed by atoms with Gasteiger partial charge in [0, 0.05) is 31.7 Å². The van der Waals surface area contributed by atoms with Crippen molar-refractivity contribution in [2.45, 2.75) is 38.1 Å². The Kier molecular flexibility index (Phi) is 5.58. The summed E-state index contributed by atoms with van der Waals surface area (Å²) in [6, 6.07) is 5.83. The molecule has 2 amide bonds. The summed E-state index contributed by atoms with van der Waals surface area (Å²) in [5, 5.41) is 2.74. The van der Waals surface area contributed by atoms with Crippen molar-refractivity contribution in [1.82, 2.24) is 9.80 Å². The van der Waals surface area contributed by atoms with Crippen LogP contribution in [-0.2, 0) is 4.79 Å². The van der Waals surface area contributed by atoms with Gasteiger partial charge in [-0.15, -0.1) is 0 Å². The molecule has 0 spiro atoms. The molecule has 136 valence electrons. The Balaban J connectivity index is 1.56. The smallest absolute Gasteiger partial charge is 0.262 e. The van der Waals surface area contributed by atoms with Crippen molar-refractivity contribution in [3.8, 4) is 5.75 Å². The van der Waals surface area contributed by atoms with Crippen molar-refractivity contribution in [2.24, 2.45) is 0 Å². The van der Waals surface area contributed by atoms with Crippen LogP contribution in [0.3, 0.4) is 0 Å². The van der Waals surface area contributed by atoms with E-state index in [-0.39, 0.29) is 18.4 Å². The lowest BCUT2D eigenvalue weighted by Gasteiger charge is -2.32. The van der Waals surface area contributed by atoms with Crippen molar-refractivity contribution in [1.29, 1.82) is 0 Å². The van der Waals surface area contributed by atoms with Crippen LogP contribution in [0.15, 0.2) is 18.2 Å². The number of ether oxygens (including phenoxy) is 1. The maximum Gasteiger partial charge on any atom is 0.262 e.